The second-order valence-electron chi connectivity index (χ2n) is 10.4. The molecule has 2 amide bonds. The van der Waals surface area contributed by atoms with E-state index in [9.17, 15) is 18.0 Å². The van der Waals surface area contributed by atoms with E-state index in [0.717, 1.165) is 15.4 Å². The highest BCUT2D eigenvalue weighted by atomic mass is 32.2. The summed E-state index contributed by atoms with van der Waals surface area (Å²) in [4.78, 5) is 28.5. The van der Waals surface area contributed by atoms with Crippen molar-refractivity contribution in [3.63, 3.8) is 0 Å². The molecule has 0 radical (unpaired) electrons. The lowest BCUT2D eigenvalue weighted by molar-refractivity contribution is -0.138. The number of hydrogen-bond acceptors (Lipinski definition) is 5. The summed E-state index contributed by atoms with van der Waals surface area (Å²) in [6.07, 6.45) is 0.516. The van der Waals surface area contributed by atoms with Gasteiger partial charge in [0.15, 0.2) is 0 Å². The molecular weight excluding hydrogens is 538 g/mol. The first-order valence-electron chi connectivity index (χ1n) is 14.0. The van der Waals surface area contributed by atoms with E-state index >= 15 is 0 Å². The molecule has 1 atom stereocenters. The van der Waals surface area contributed by atoms with E-state index in [2.05, 4.69) is 5.32 Å². The molecule has 0 aromatic heterocycles. The van der Waals surface area contributed by atoms with Gasteiger partial charge in [0.05, 0.1) is 17.2 Å². The van der Waals surface area contributed by atoms with Crippen molar-refractivity contribution in [1.82, 2.24) is 10.2 Å². The Balaban J connectivity index is 1.97. The minimum atomic E-state index is -4.11. The number of sulfonamides is 1. The van der Waals surface area contributed by atoms with Crippen molar-refractivity contribution in [1.29, 1.82) is 0 Å². The number of anilines is 1. The smallest absolute Gasteiger partial charge is 0.264 e. The maximum absolute atomic E-state index is 13.9. The monoisotopic (exact) mass is 579 g/mol. The average molecular weight is 580 g/mol. The van der Waals surface area contributed by atoms with Crippen molar-refractivity contribution in [3.8, 4) is 5.75 Å². The standard InChI is InChI=1S/C32H41N3O5S/c1-6-40-29-16-14-28(15-17-29)35(41(38,39)30-18-12-25(4)13-19-30)23-31(36)34(21-20-27-10-8-7-9-11-27)26(5)32(37)33-22-24(2)3/h7-19,24,26H,6,20-23H2,1-5H3,(H,33,37)/t26-/m1/s1. The first kappa shape index (κ1) is 31.7. The Morgan fingerprint density at radius 1 is 0.902 bits per heavy atom. The molecule has 0 unspecified atom stereocenters. The molecule has 9 heteroatoms. The third-order valence-electron chi connectivity index (χ3n) is 6.66. The van der Waals surface area contributed by atoms with Crippen molar-refractivity contribution in [3.05, 3.63) is 90.0 Å². The molecule has 1 N–H and O–H groups in total. The summed E-state index contributed by atoms with van der Waals surface area (Å²) in [7, 11) is -4.11. The predicted octanol–water partition coefficient (Wildman–Crippen LogP) is 4.82. The number of hydrogen-bond donors (Lipinski definition) is 1. The second kappa shape index (κ2) is 14.7. The molecule has 8 nitrogen and oxygen atoms in total. The number of nitrogens with zero attached hydrogens (tertiary/aromatic N) is 2. The Morgan fingerprint density at radius 2 is 1.54 bits per heavy atom. The van der Waals surface area contributed by atoms with Crippen LogP contribution in [0.3, 0.4) is 0 Å². The topological polar surface area (TPSA) is 96.0 Å². The highest BCUT2D eigenvalue weighted by Gasteiger charge is 2.32. The molecule has 0 heterocycles. The molecule has 0 aliphatic heterocycles. The zero-order valence-corrected chi connectivity index (χ0v) is 25.4. The number of benzene rings is 3. The predicted molar refractivity (Wildman–Crippen MR) is 162 cm³/mol. The van der Waals surface area contributed by atoms with E-state index in [0.29, 0.717) is 31.0 Å². The van der Waals surface area contributed by atoms with Gasteiger partial charge < -0.3 is 15.0 Å². The van der Waals surface area contributed by atoms with Crippen molar-refractivity contribution in [2.24, 2.45) is 5.92 Å². The van der Waals surface area contributed by atoms with E-state index in [1.54, 1.807) is 43.3 Å². The van der Waals surface area contributed by atoms with Crippen LogP contribution in [-0.2, 0) is 26.0 Å². The Bertz CT molecular complexity index is 1380. The van der Waals surface area contributed by atoms with Gasteiger partial charge in [-0.2, -0.15) is 0 Å². The van der Waals surface area contributed by atoms with Crippen molar-refractivity contribution < 1.29 is 22.7 Å². The molecule has 0 fully saturated rings. The molecule has 220 valence electrons. The largest absolute Gasteiger partial charge is 0.494 e. The number of ether oxygens (including phenoxy) is 1. The first-order valence-corrected chi connectivity index (χ1v) is 15.4. The molecule has 0 bridgehead atoms. The number of aryl methyl sites for hydroxylation is 1. The van der Waals surface area contributed by atoms with Crippen LogP contribution < -0.4 is 14.4 Å². The van der Waals surface area contributed by atoms with Gasteiger partial charge in [0.1, 0.15) is 18.3 Å². The minimum Gasteiger partial charge on any atom is -0.494 e. The van der Waals surface area contributed by atoms with Gasteiger partial charge in [0.25, 0.3) is 10.0 Å². The van der Waals surface area contributed by atoms with Gasteiger partial charge in [-0.15, -0.1) is 0 Å². The molecule has 3 aromatic carbocycles. The number of carbonyl (C=O) groups is 2. The Kier molecular flexibility index (Phi) is 11.3. The summed E-state index contributed by atoms with van der Waals surface area (Å²) in [6, 6.07) is 22.0. The minimum absolute atomic E-state index is 0.0725. The van der Waals surface area contributed by atoms with Crippen LogP contribution in [0.5, 0.6) is 5.75 Å². The fraction of sp³-hybridized carbons (Fsp3) is 0.375. The Morgan fingerprint density at radius 3 is 2.12 bits per heavy atom. The van der Waals surface area contributed by atoms with Gasteiger partial charge in [-0.25, -0.2) is 8.42 Å². The lowest BCUT2D eigenvalue weighted by Gasteiger charge is -2.32. The number of nitrogens with one attached hydrogen (secondary N) is 1. The highest BCUT2D eigenvalue weighted by Crippen LogP contribution is 2.26. The van der Waals surface area contributed by atoms with Gasteiger partial charge >= 0.3 is 0 Å². The van der Waals surface area contributed by atoms with Gasteiger partial charge in [-0.05, 0) is 75.1 Å². The summed E-state index contributed by atoms with van der Waals surface area (Å²) >= 11 is 0. The maximum atomic E-state index is 13.9. The maximum Gasteiger partial charge on any atom is 0.264 e. The third kappa shape index (κ3) is 8.82. The summed E-state index contributed by atoms with van der Waals surface area (Å²) in [6.45, 7) is 10.1. The van der Waals surface area contributed by atoms with Gasteiger partial charge in [0, 0.05) is 13.1 Å². The highest BCUT2D eigenvalue weighted by molar-refractivity contribution is 7.92. The van der Waals surface area contributed by atoms with Crippen molar-refractivity contribution >= 4 is 27.5 Å². The summed E-state index contributed by atoms with van der Waals surface area (Å²) in [5.74, 6) is 0.0800. The first-order chi connectivity index (χ1) is 19.5. The van der Waals surface area contributed by atoms with Crippen molar-refractivity contribution in [2.75, 3.05) is 30.5 Å². The van der Waals surface area contributed by atoms with Gasteiger partial charge in [-0.1, -0.05) is 61.9 Å². The summed E-state index contributed by atoms with van der Waals surface area (Å²) in [5, 5.41) is 2.90. The van der Waals surface area contributed by atoms with E-state index in [-0.39, 0.29) is 23.3 Å². The van der Waals surface area contributed by atoms with Crippen LogP contribution in [0.15, 0.2) is 83.8 Å². The second-order valence-corrected chi connectivity index (χ2v) is 12.3. The molecule has 0 aliphatic rings. The van der Waals surface area contributed by atoms with Crippen LogP contribution in [0.1, 0.15) is 38.8 Å². The van der Waals surface area contributed by atoms with Crippen molar-refractivity contribution in [2.45, 2.75) is 52.0 Å². The lowest BCUT2D eigenvalue weighted by atomic mass is 10.1. The summed E-state index contributed by atoms with van der Waals surface area (Å²) in [5.41, 5.74) is 2.25. The molecular formula is C32H41N3O5S. The molecule has 41 heavy (non-hydrogen) atoms. The zero-order chi connectivity index (χ0) is 30.0. The molecule has 0 aliphatic carbocycles. The van der Waals surface area contributed by atoms with Crippen LogP contribution >= 0.6 is 0 Å². The van der Waals surface area contributed by atoms with Crippen LogP contribution in [0.25, 0.3) is 0 Å². The quantitative estimate of drug-likeness (QED) is 0.295. The van der Waals surface area contributed by atoms with E-state index < -0.39 is 28.5 Å². The zero-order valence-electron chi connectivity index (χ0n) is 24.5. The van der Waals surface area contributed by atoms with E-state index in [1.807, 2.05) is 58.0 Å². The van der Waals surface area contributed by atoms with Crippen LogP contribution in [-0.4, -0.2) is 57.4 Å². The number of rotatable bonds is 14. The molecule has 3 aromatic rings. The van der Waals surface area contributed by atoms with Crippen LogP contribution in [0.2, 0.25) is 0 Å². The van der Waals surface area contributed by atoms with E-state index in [4.69, 9.17) is 4.74 Å². The van der Waals surface area contributed by atoms with Gasteiger partial charge in [0.2, 0.25) is 11.8 Å². The Labute approximate surface area is 244 Å². The average Bonchev–Trinajstić information content (AvgIpc) is 2.96. The van der Waals surface area contributed by atoms with Crippen LogP contribution in [0.4, 0.5) is 5.69 Å². The number of carbonyl (C=O) groups excluding carboxylic acids is 2. The van der Waals surface area contributed by atoms with Gasteiger partial charge in [-0.3, -0.25) is 13.9 Å². The van der Waals surface area contributed by atoms with Crippen LogP contribution in [0, 0.1) is 12.8 Å². The van der Waals surface area contributed by atoms with E-state index in [1.165, 1.54) is 17.0 Å². The lowest BCUT2D eigenvalue weighted by Crippen LogP contribution is -2.52. The molecule has 3 rings (SSSR count). The number of amides is 2. The Hall–Kier alpha value is -3.85. The molecule has 0 spiro atoms. The fourth-order valence-corrected chi connectivity index (χ4v) is 5.68. The SMILES string of the molecule is CCOc1ccc(N(CC(=O)N(CCc2ccccc2)[C@H](C)C(=O)NCC(C)C)S(=O)(=O)c2ccc(C)cc2)cc1. The molecule has 0 saturated carbocycles. The normalized spacial score (nSPS) is 12.0. The fourth-order valence-electron chi connectivity index (χ4n) is 4.26. The molecule has 0 saturated heterocycles. The summed E-state index contributed by atoms with van der Waals surface area (Å²) < 4.78 is 34.5. The third-order valence-corrected chi connectivity index (χ3v) is 8.45.